The lowest BCUT2D eigenvalue weighted by Gasteiger charge is -2.07. The molecule has 3 nitrogen and oxygen atoms in total. The van der Waals surface area contributed by atoms with Crippen LogP contribution >= 0.6 is 15.9 Å². The number of aliphatic hydroxyl groups is 1. The molecular formula is C10H7BrF2O3. The van der Waals surface area contributed by atoms with Crippen LogP contribution in [0.4, 0.5) is 8.78 Å². The van der Waals surface area contributed by atoms with E-state index in [1.54, 1.807) is 0 Å². The largest absolute Gasteiger partial charge is 0.586 e. The van der Waals surface area contributed by atoms with Gasteiger partial charge in [-0.05, 0) is 29.7 Å². The fraction of sp³-hybridized carbons (Fsp3) is 0.400. The summed E-state index contributed by atoms with van der Waals surface area (Å²) in [6.45, 7) is 0. The summed E-state index contributed by atoms with van der Waals surface area (Å²) in [5.41, 5.74) is 1.41. The summed E-state index contributed by atoms with van der Waals surface area (Å²) in [4.78, 5) is -0.0921. The van der Waals surface area contributed by atoms with Crippen LogP contribution in [-0.4, -0.2) is 16.2 Å². The third-order valence-electron chi connectivity index (χ3n) is 2.74. The lowest BCUT2D eigenvalue weighted by Crippen LogP contribution is -2.26. The van der Waals surface area contributed by atoms with E-state index in [1.165, 1.54) is 12.1 Å². The minimum atomic E-state index is -3.60. The predicted octanol–water partition coefficient (Wildman–Crippen LogP) is 2.36. The van der Waals surface area contributed by atoms with Crippen LogP contribution in [0.5, 0.6) is 11.5 Å². The second kappa shape index (κ2) is 3.07. The van der Waals surface area contributed by atoms with Crippen molar-refractivity contribution in [2.45, 2.75) is 23.6 Å². The van der Waals surface area contributed by atoms with E-state index in [0.717, 1.165) is 5.56 Å². The van der Waals surface area contributed by atoms with Gasteiger partial charge in [0.2, 0.25) is 0 Å². The standard InChI is InChI=1S/C10H7BrF2O3/c11-6-1-4-2-7-8(3-5(4)9(6)14)16-10(12,13)15-7/h2-3,6,9,14H,1H2. The van der Waals surface area contributed by atoms with Crippen molar-refractivity contribution in [1.29, 1.82) is 0 Å². The predicted molar refractivity (Wildman–Crippen MR) is 54.0 cm³/mol. The van der Waals surface area contributed by atoms with E-state index >= 15 is 0 Å². The third-order valence-corrected chi connectivity index (χ3v) is 3.56. The highest BCUT2D eigenvalue weighted by molar-refractivity contribution is 9.09. The van der Waals surface area contributed by atoms with Crippen LogP contribution in [0.25, 0.3) is 0 Å². The van der Waals surface area contributed by atoms with Crippen LogP contribution in [-0.2, 0) is 6.42 Å². The summed E-state index contributed by atoms with van der Waals surface area (Å²) >= 11 is 3.32. The van der Waals surface area contributed by atoms with Crippen molar-refractivity contribution in [3.63, 3.8) is 0 Å². The number of halogens is 3. The lowest BCUT2D eigenvalue weighted by molar-refractivity contribution is -0.286. The Balaban J connectivity index is 2.06. The first-order valence-corrected chi connectivity index (χ1v) is 5.63. The molecule has 2 aliphatic rings. The maximum Gasteiger partial charge on any atom is 0.586 e. The van der Waals surface area contributed by atoms with Gasteiger partial charge in [-0.25, -0.2) is 0 Å². The van der Waals surface area contributed by atoms with Crippen molar-refractivity contribution in [2.24, 2.45) is 0 Å². The monoisotopic (exact) mass is 292 g/mol. The third kappa shape index (κ3) is 1.40. The Morgan fingerprint density at radius 3 is 2.62 bits per heavy atom. The number of hydrogen-bond donors (Lipinski definition) is 1. The zero-order valence-corrected chi connectivity index (χ0v) is 9.50. The second-order valence-corrected chi connectivity index (χ2v) is 5.01. The zero-order valence-electron chi connectivity index (χ0n) is 7.91. The van der Waals surface area contributed by atoms with E-state index in [0.29, 0.717) is 12.0 Å². The minimum absolute atomic E-state index is 0.0237. The van der Waals surface area contributed by atoms with Gasteiger partial charge < -0.3 is 14.6 Å². The molecule has 1 aliphatic heterocycles. The Morgan fingerprint density at radius 2 is 1.94 bits per heavy atom. The molecule has 0 saturated carbocycles. The maximum atomic E-state index is 12.8. The average molecular weight is 293 g/mol. The van der Waals surface area contributed by atoms with Gasteiger partial charge >= 0.3 is 6.29 Å². The van der Waals surface area contributed by atoms with Gasteiger partial charge in [-0.15, -0.1) is 8.78 Å². The Hall–Kier alpha value is -0.880. The van der Waals surface area contributed by atoms with Crippen molar-refractivity contribution in [3.05, 3.63) is 23.3 Å². The molecule has 1 aliphatic carbocycles. The maximum absolute atomic E-state index is 12.8. The van der Waals surface area contributed by atoms with Gasteiger partial charge in [0, 0.05) is 4.83 Å². The molecule has 0 spiro atoms. The summed E-state index contributed by atoms with van der Waals surface area (Å²) in [6, 6.07) is 2.91. The smallest absolute Gasteiger partial charge is 0.395 e. The number of rotatable bonds is 0. The average Bonchev–Trinajstić information content (AvgIpc) is 2.60. The lowest BCUT2D eigenvalue weighted by atomic mass is 10.1. The highest BCUT2D eigenvalue weighted by Gasteiger charge is 2.45. The molecule has 2 atom stereocenters. The molecule has 1 aromatic carbocycles. The number of benzene rings is 1. The van der Waals surface area contributed by atoms with E-state index in [1.807, 2.05) is 0 Å². The van der Waals surface area contributed by atoms with Gasteiger partial charge in [-0.1, -0.05) is 15.9 Å². The quantitative estimate of drug-likeness (QED) is 0.746. The van der Waals surface area contributed by atoms with Gasteiger partial charge in [0.25, 0.3) is 0 Å². The second-order valence-electron chi connectivity index (χ2n) is 3.83. The first-order valence-electron chi connectivity index (χ1n) is 4.71. The van der Waals surface area contributed by atoms with Crippen LogP contribution in [0, 0.1) is 0 Å². The summed E-state index contributed by atoms with van der Waals surface area (Å²) in [5, 5.41) is 9.78. The molecule has 0 amide bonds. The molecule has 0 bridgehead atoms. The molecular weight excluding hydrogens is 286 g/mol. The fourth-order valence-electron chi connectivity index (χ4n) is 2.02. The highest BCUT2D eigenvalue weighted by Crippen LogP contribution is 2.47. The Bertz CT molecular complexity index is 464. The summed E-state index contributed by atoms with van der Waals surface area (Å²) in [7, 11) is 0. The summed E-state index contributed by atoms with van der Waals surface area (Å²) < 4.78 is 34.2. The van der Waals surface area contributed by atoms with Crippen molar-refractivity contribution in [3.8, 4) is 11.5 Å². The van der Waals surface area contributed by atoms with E-state index < -0.39 is 12.4 Å². The fourth-order valence-corrected chi connectivity index (χ4v) is 2.66. The van der Waals surface area contributed by atoms with Crippen LogP contribution in [0.1, 0.15) is 17.2 Å². The van der Waals surface area contributed by atoms with E-state index in [9.17, 15) is 13.9 Å². The van der Waals surface area contributed by atoms with Crippen LogP contribution in [0.3, 0.4) is 0 Å². The Morgan fingerprint density at radius 1 is 1.31 bits per heavy atom. The zero-order chi connectivity index (χ0) is 11.5. The van der Waals surface area contributed by atoms with Crippen LogP contribution in [0.2, 0.25) is 0 Å². The molecule has 16 heavy (non-hydrogen) atoms. The molecule has 1 aromatic rings. The number of fused-ring (bicyclic) bond motifs is 2. The van der Waals surface area contributed by atoms with Crippen molar-refractivity contribution < 1.29 is 23.4 Å². The molecule has 2 unspecified atom stereocenters. The van der Waals surface area contributed by atoms with Gasteiger partial charge in [0.05, 0.1) is 6.10 Å². The number of hydrogen-bond acceptors (Lipinski definition) is 3. The van der Waals surface area contributed by atoms with Crippen LogP contribution in [0.15, 0.2) is 12.1 Å². The SMILES string of the molecule is OC1c2cc3c(cc2CC1Br)OC(F)(F)O3. The molecule has 86 valence electrons. The van der Waals surface area contributed by atoms with Gasteiger partial charge in [-0.3, -0.25) is 0 Å². The van der Waals surface area contributed by atoms with Gasteiger partial charge in [0.1, 0.15) is 0 Å². The molecule has 6 heteroatoms. The molecule has 0 aromatic heterocycles. The molecule has 0 radical (unpaired) electrons. The van der Waals surface area contributed by atoms with Crippen molar-refractivity contribution >= 4 is 15.9 Å². The van der Waals surface area contributed by atoms with Crippen molar-refractivity contribution in [1.82, 2.24) is 0 Å². The summed E-state index contributed by atoms with van der Waals surface area (Å²) in [6.07, 6.45) is -3.72. The van der Waals surface area contributed by atoms with Gasteiger partial charge in [-0.2, -0.15) is 0 Å². The minimum Gasteiger partial charge on any atom is -0.395 e. The topological polar surface area (TPSA) is 38.7 Å². The van der Waals surface area contributed by atoms with E-state index in [2.05, 4.69) is 25.4 Å². The number of ether oxygens (including phenoxy) is 2. The first-order chi connectivity index (χ1) is 7.46. The molecule has 0 fully saturated rings. The normalized spacial score (nSPS) is 29.2. The molecule has 3 rings (SSSR count). The molecule has 1 heterocycles. The number of alkyl halides is 3. The van der Waals surface area contributed by atoms with Crippen molar-refractivity contribution in [2.75, 3.05) is 0 Å². The summed E-state index contributed by atoms with van der Waals surface area (Å²) in [5.74, 6) is 0.00181. The molecule has 1 N–H and O–H groups in total. The highest BCUT2D eigenvalue weighted by atomic mass is 79.9. The van der Waals surface area contributed by atoms with E-state index in [4.69, 9.17) is 0 Å². The van der Waals surface area contributed by atoms with E-state index in [-0.39, 0.29) is 16.3 Å². The molecule has 0 saturated heterocycles. The van der Waals surface area contributed by atoms with Crippen LogP contribution < -0.4 is 9.47 Å². The number of aliphatic hydroxyl groups excluding tert-OH is 1. The first kappa shape index (κ1) is 10.3. The Kier molecular flexibility index (Phi) is 1.98. The Labute approximate surface area is 98.1 Å². The van der Waals surface area contributed by atoms with Gasteiger partial charge in [0.15, 0.2) is 11.5 Å².